The van der Waals surface area contributed by atoms with Crippen molar-refractivity contribution < 1.29 is 15.0 Å². The van der Waals surface area contributed by atoms with Crippen LogP contribution < -0.4 is 0 Å². The smallest absolute Gasteiger partial charge is 0.187 e. The Labute approximate surface area is 156 Å². The van der Waals surface area contributed by atoms with Crippen molar-refractivity contribution in [2.45, 2.75) is 71.3 Å². The van der Waals surface area contributed by atoms with Crippen LogP contribution in [0.1, 0.15) is 65.7 Å². The molecule has 0 aromatic rings. The number of carbonyl (C=O) groups is 1. The van der Waals surface area contributed by atoms with Crippen molar-refractivity contribution in [1.82, 2.24) is 0 Å². The van der Waals surface area contributed by atoms with Gasteiger partial charge in [0, 0.05) is 11.0 Å². The predicted octanol–water partition coefficient (Wildman–Crippen LogP) is 4.32. The van der Waals surface area contributed by atoms with E-state index in [0.717, 1.165) is 43.9 Å². The van der Waals surface area contributed by atoms with Crippen LogP contribution in [-0.4, -0.2) is 21.6 Å². The fourth-order valence-corrected chi connectivity index (χ4v) is 7.37. The molecule has 0 aromatic carbocycles. The summed E-state index contributed by atoms with van der Waals surface area (Å²) in [5.74, 6) is 4.21. The van der Waals surface area contributed by atoms with Crippen molar-refractivity contribution in [3.8, 4) is 12.3 Å². The second-order valence-electron chi connectivity index (χ2n) is 9.60. The van der Waals surface area contributed by atoms with Gasteiger partial charge in [-0.1, -0.05) is 25.3 Å². The second kappa shape index (κ2) is 5.49. The Bertz CT molecular complexity index is 769. The SMILES string of the molecule is C#C[C@]1(O)CC[C@H]2[C@@H]3CCC4=C(C)C(=O)/C(=C\O)C[C@]4(C)[C@H]3CC[C@@]21C. The molecule has 0 radical (unpaired) electrons. The molecule has 4 rings (SSSR count). The fraction of sp³-hybridized carbons (Fsp3) is 0.696. The number of fused-ring (bicyclic) bond motifs is 5. The molecule has 2 N–H and O–H groups in total. The van der Waals surface area contributed by atoms with E-state index in [1.165, 1.54) is 5.57 Å². The molecule has 0 amide bonds. The summed E-state index contributed by atoms with van der Waals surface area (Å²) in [7, 11) is 0. The Morgan fingerprint density at radius 3 is 2.54 bits per heavy atom. The summed E-state index contributed by atoms with van der Waals surface area (Å²) in [6.45, 7) is 6.42. The Morgan fingerprint density at radius 1 is 1.19 bits per heavy atom. The van der Waals surface area contributed by atoms with Crippen LogP contribution in [0, 0.1) is 40.9 Å². The number of hydrogen-bond donors (Lipinski definition) is 2. The van der Waals surface area contributed by atoms with Gasteiger partial charge in [-0.15, -0.1) is 6.42 Å². The number of rotatable bonds is 0. The second-order valence-corrected chi connectivity index (χ2v) is 9.60. The number of aliphatic hydroxyl groups excluding tert-OH is 1. The van der Waals surface area contributed by atoms with Crippen LogP contribution in [0.25, 0.3) is 0 Å². The molecule has 3 nitrogen and oxygen atoms in total. The summed E-state index contributed by atoms with van der Waals surface area (Å²) < 4.78 is 0. The first-order valence-corrected chi connectivity index (χ1v) is 10.00. The molecule has 0 aliphatic heterocycles. The lowest BCUT2D eigenvalue weighted by Gasteiger charge is -2.59. The Kier molecular flexibility index (Phi) is 3.77. The molecule has 0 unspecified atom stereocenters. The zero-order valence-corrected chi connectivity index (χ0v) is 16.1. The van der Waals surface area contributed by atoms with Crippen molar-refractivity contribution in [3.63, 3.8) is 0 Å². The van der Waals surface area contributed by atoms with E-state index in [0.29, 0.717) is 36.2 Å². The van der Waals surface area contributed by atoms with E-state index in [4.69, 9.17) is 6.42 Å². The molecule has 140 valence electrons. The lowest BCUT2D eigenvalue weighted by atomic mass is 9.45. The minimum Gasteiger partial charge on any atom is -0.515 e. The van der Waals surface area contributed by atoms with Crippen LogP contribution in [0.5, 0.6) is 0 Å². The molecule has 26 heavy (non-hydrogen) atoms. The maximum Gasteiger partial charge on any atom is 0.187 e. The van der Waals surface area contributed by atoms with Crippen LogP contribution in [0.4, 0.5) is 0 Å². The predicted molar refractivity (Wildman–Crippen MR) is 101 cm³/mol. The van der Waals surface area contributed by atoms with Crippen LogP contribution in [0.3, 0.4) is 0 Å². The molecule has 0 spiro atoms. The van der Waals surface area contributed by atoms with Gasteiger partial charge in [-0.05, 0) is 80.6 Å². The number of hydrogen-bond acceptors (Lipinski definition) is 3. The molecule has 3 saturated carbocycles. The van der Waals surface area contributed by atoms with Gasteiger partial charge in [0.05, 0.1) is 6.26 Å². The summed E-state index contributed by atoms with van der Waals surface area (Å²) in [4.78, 5) is 12.5. The molecular weight excluding hydrogens is 324 g/mol. The number of aliphatic hydroxyl groups is 2. The minimum absolute atomic E-state index is 0.0154. The lowest BCUT2D eigenvalue weighted by molar-refractivity contribution is -0.116. The average molecular weight is 354 g/mol. The first-order chi connectivity index (χ1) is 12.2. The lowest BCUT2D eigenvalue weighted by Crippen LogP contribution is -2.54. The van der Waals surface area contributed by atoms with E-state index >= 15 is 0 Å². The molecule has 3 fully saturated rings. The molecule has 3 heteroatoms. The molecule has 0 heterocycles. The molecule has 6 atom stereocenters. The van der Waals surface area contributed by atoms with Crippen LogP contribution in [-0.2, 0) is 4.79 Å². The minimum atomic E-state index is -0.978. The van der Waals surface area contributed by atoms with Gasteiger partial charge in [-0.25, -0.2) is 0 Å². The quantitative estimate of drug-likeness (QED) is 0.387. The maximum absolute atomic E-state index is 12.5. The van der Waals surface area contributed by atoms with E-state index in [1.807, 2.05) is 6.92 Å². The average Bonchev–Trinajstić information content (AvgIpc) is 2.90. The normalized spacial score (nSPS) is 49.4. The van der Waals surface area contributed by atoms with E-state index in [9.17, 15) is 15.0 Å². The number of ketones is 1. The van der Waals surface area contributed by atoms with Crippen molar-refractivity contribution in [1.29, 1.82) is 0 Å². The van der Waals surface area contributed by atoms with E-state index in [-0.39, 0.29) is 16.6 Å². The van der Waals surface area contributed by atoms with Crippen molar-refractivity contribution >= 4 is 5.78 Å². The number of carbonyl (C=O) groups excluding carboxylic acids is 1. The topological polar surface area (TPSA) is 57.5 Å². The number of allylic oxidation sites excluding steroid dienone is 2. The van der Waals surface area contributed by atoms with Gasteiger partial charge in [0.1, 0.15) is 5.60 Å². The standard InChI is InChI=1S/C23H30O3/c1-5-23(26)11-9-19-16-6-7-17-14(2)20(25)15(13-24)12-21(17,3)18(16)8-10-22(19,23)4/h1,13,16,18-19,24,26H,6-12H2,2-4H3/b15-13-/t16-,18+,19+,21+,22+,23+/m1/s1. The van der Waals surface area contributed by atoms with Gasteiger partial charge in [0.2, 0.25) is 0 Å². The van der Waals surface area contributed by atoms with Crippen LogP contribution >= 0.6 is 0 Å². The summed E-state index contributed by atoms with van der Waals surface area (Å²) in [6.07, 6.45) is 13.1. The zero-order valence-electron chi connectivity index (χ0n) is 16.1. The molecule has 0 saturated heterocycles. The Hall–Kier alpha value is -1.53. The van der Waals surface area contributed by atoms with Crippen LogP contribution in [0.15, 0.2) is 23.0 Å². The van der Waals surface area contributed by atoms with Crippen LogP contribution in [0.2, 0.25) is 0 Å². The highest BCUT2D eigenvalue weighted by atomic mass is 16.3. The Balaban J connectivity index is 1.76. The van der Waals surface area contributed by atoms with Gasteiger partial charge in [-0.3, -0.25) is 4.79 Å². The first-order valence-electron chi connectivity index (χ1n) is 10.00. The highest BCUT2D eigenvalue weighted by Crippen LogP contribution is 2.68. The summed E-state index contributed by atoms with van der Waals surface area (Å²) in [6, 6.07) is 0. The Morgan fingerprint density at radius 2 is 1.88 bits per heavy atom. The van der Waals surface area contributed by atoms with Gasteiger partial charge in [-0.2, -0.15) is 0 Å². The zero-order chi connectivity index (χ0) is 18.9. The maximum atomic E-state index is 12.5. The third-order valence-corrected chi connectivity index (χ3v) is 8.86. The summed E-state index contributed by atoms with van der Waals surface area (Å²) in [5.41, 5.74) is 1.47. The highest BCUT2D eigenvalue weighted by molar-refractivity contribution is 6.09. The van der Waals surface area contributed by atoms with Crippen molar-refractivity contribution in [2.24, 2.45) is 28.6 Å². The van der Waals surface area contributed by atoms with Crippen molar-refractivity contribution in [2.75, 3.05) is 0 Å². The third kappa shape index (κ3) is 1.97. The highest BCUT2D eigenvalue weighted by Gasteiger charge is 2.64. The molecule has 4 aliphatic rings. The van der Waals surface area contributed by atoms with Gasteiger partial charge < -0.3 is 10.2 Å². The van der Waals surface area contributed by atoms with E-state index < -0.39 is 5.60 Å². The fourth-order valence-electron chi connectivity index (χ4n) is 7.37. The van der Waals surface area contributed by atoms with Crippen molar-refractivity contribution in [3.05, 3.63) is 23.0 Å². The number of Topliss-reactive ketones (excluding diaryl/α,β-unsaturated/α-hetero) is 1. The molecular formula is C23H30O3. The van der Waals surface area contributed by atoms with Gasteiger partial charge in [0.25, 0.3) is 0 Å². The molecule has 0 bridgehead atoms. The largest absolute Gasteiger partial charge is 0.515 e. The third-order valence-electron chi connectivity index (χ3n) is 8.86. The monoisotopic (exact) mass is 354 g/mol. The van der Waals surface area contributed by atoms with Gasteiger partial charge >= 0.3 is 0 Å². The van der Waals surface area contributed by atoms with E-state index in [1.54, 1.807) is 0 Å². The van der Waals surface area contributed by atoms with Gasteiger partial charge in [0.15, 0.2) is 5.78 Å². The number of terminal acetylenes is 1. The summed E-state index contributed by atoms with van der Waals surface area (Å²) >= 11 is 0. The molecule has 0 aromatic heterocycles. The molecule has 4 aliphatic carbocycles. The first kappa shape index (κ1) is 17.9. The summed E-state index contributed by atoms with van der Waals surface area (Å²) in [5, 5.41) is 20.7. The van der Waals surface area contributed by atoms with E-state index in [2.05, 4.69) is 19.8 Å².